The van der Waals surface area contributed by atoms with Gasteiger partial charge < -0.3 is 10.6 Å². The highest BCUT2D eigenvalue weighted by atomic mass is 32.2. The van der Waals surface area contributed by atoms with Gasteiger partial charge in [-0.25, -0.2) is 0 Å². The van der Waals surface area contributed by atoms with Crippen LogP contribution in [0.5, 0.6) is 0 Å². The maximum absolute atomic E-state index is 12.0. The van der Waals surface area contributed by atoms with E-state index in [9.17, 15) is 4.79 Å². The summed E-state index contributed by atoms with van der Waals surface area (Å²) in [4.78, 5) is 12.0. The van der Waals surface area contributed by atoms with Crippen molar-refractivity contribution in [3.8, 4) is 0 Å². The summed E-state index contributed by atoms with van der Waals surface area (Å²) in [7, 11) is 0. The number of amides is 1. The van der Waals surface area contributed by atoms with Crippen LogP contribution in [0.1, 0.15) is 57.8 Å². The van der Waals surface area contributed by atoms with Crippen LogP contribution < -0.4 is 10.6 Å². The standard InChI is InChI=1S/C15H28N2OS/c1-19-14-8-5-13(6-9-14)17-15(18)10-7-12-4-2-3-11-16-12/h12-14,16H,2-11H2,1H3,(H,17,18). The second-order valence-electron chi connectivity index (χ2n) is 5.96. The molecule has 1 amide bonds. The molecule has 0 aromatic heterocycles. The van der Waals surface area contributed by atoms with E-state index >= 15 is 0 Å². The summed E-state index contributed by atoms with van der Waals surface area (Å²) in [5.74, 6) is 0.264. The Morgan fingerprint density at radius 3 is 2.63 bits per heavy atom. The van der Waals surface area contributed by atoms with Gasteiger partial charge in [0, 0.05) is 23.8 Å². The van der Waals surface area contributed by atoms with Gasteiger partial charge in [0.25, 0.3) is 0 Å². The maximum Gasteiger partial charge on any atom is 0.220 e. The predicted octanol–water partition coefficient (Wildman–Crippen LogP) is 2.70. The summed E-state index contributed by atoms with van der Waals surface area (Å²) in [5, 5.41) is 7.55. The predicted molar refractivity (Wildman–Crippen MR) is 82.6 cm³/mol. The van der Waals surface area contributed by atoms with Gasteiger partial charge in [-0.05, 0) is 57.7 Å². The Bertz CT molecular complexity index is 271. The van der Waals surface area contributed by atoms with E-state index in [4.69, 9.17) is 0 Å². The Balaban J connectivity index is 1.59. The Labute approximate surface area is 121 Å². The lowest BCUT2D eigenvalue weighted by atomic mass is 9.94. The molecule has 4 heteroatoms. The minimum absolute atomic E-state index is 0.264. The number of carbonyl (C=O) groups is 1. The summed E-state index contributed by atoms with van der Waals surface area (Å²) in [6.45, 7) is 1.13. The van der Waals surface area contributed by atoms with Crippen LogP contribution in [0.4, 0.5) is 0 Å². The molecule has 3 nitrogen and oxygen atoms in total. The fourth-order valence-corrected chi connectivity index (χ4v) is 3.96. The van der Waals surface area contributed by atoms with Crippen molar-refractivity contribution in [3.05, 3.63) is 0 Å². The van der Waals surface area contributed by atoms with E-state index in [0.717, 1.165) is 18.2 Å². The minimum Gasteiger partial charge on any atom is -0.353 e. The third-order valence-electron chi connectivity index (χ3n) is 4.50. The van der Waals surface area contributed by atoms with Crippen LogP contribution in [0, 0.1) is 0 Å². The van der Waals surface area contributed by atoms with E-state index in [0.29, 0.717) is 18.5 Å². The van der Waals surface area contributed by atoms with Gasteiger partial charge >= 0.3 is 0 Å². The zero-order valence-electron chi connectivity index (χ0n) is 12.1. The highest BCUT2D eigenvalue weighted by Gasteiger charge is 2.22. The molecule has 0 aromatic rings. The zero-order valence-corrected chi connectivity index (χ0v) is 12.9. The number of piperidine rings is 1. The molecule has 1 aliphatic carbocycles. The van der Waals surface area contributed by atoms with Gasteiger partial charge in [-0.2, -0.15) is 11.8 Å². The van der Waals surface area contributed by atoms with Crippen molar-refractivity contribution in [2.75, 3.05) is 12.8 Å². The molecule has 1 unspecified atom stereocenters. The van der Waals surface area contributed by atoms with E-state index in [1.807, 2.05) is 11.8 Å². The lowest BCUT2D eigenvalue weighted by molar-refractivity contribution is -0.122. The highest BCUT2D eigenvalue weighted by Crippen LogP contribution is 2.26. The monoisotopic (exact) mass is 284 g/mol. The molecule has 0 spiro atoms. The zero-order chi connectivity index (χ0) is 13.5. The van der Waals surface area contributed by atoms with Crippen molar-refractivity contribution in [1.82, 2.24) is 10.6 Å². The van der Waals surface area contributed by atoms with Crippen LogP contribution in [0.15, 0.2) is 0 Å². The molecule has 0 aromatic carbocycles. The van der Waals surface area contributed by atoms with Crippen LogP contribution in [0.3, 0.4) is 0 Å². The molecule has 2 fully saturated rings. The van der Waals surface area contributed by atoms with Gasteiger partial charge in [-0.1, -0.05) is 6.42 Å². The molecular weight excluding hydrogens is 256 g/mol. The quantitative estimate of drug-likeness (QED) is 0.815. The van der Waals surface area contributed by atoms with Crippen molar-refractivity contribution in [3.63, 3.8) is 0 Å². The van der Waals surface area contributed by atoms with Crippen molar-refractivity contribution < 1.29 is 4.79 Å². The second kappa shape index (κ2) is 8.15. The minimum atomic E-state index is 0.264. The average molecular weight is 284 g/mol. The number of rotatable bonds is 5. The Kier molecular flexibility index (Phi) is 6.51. The number of carbonyl (C=O) groups excluding carboxylic acids is 1. The van der Waals surface area contributed by atoms with Gasteiger partial charge in [-0.15, -0.1) is 0 Å². The molecule has 1 saturated carbocycles. The van der Waals surface area contributed by atoms with E-state index < -0.39 is 0 Å². The first-order chi connectivity index (χ1) is 9.28. The van der Waals surface area contributed by atoms with Crippen LogP contribution in [-0.2, 0) is 4.79 Å². The second-order valence-corrected chi connectivity index (χ2v) is 7.10. The summed E-state index contributed by atoms with van der Waals surface area (Å²) in [6.07, 6.45) is 12.6. The third-order valence-corrected chi connectivity index (χ3v) is 5.64. The summed E-state index contributed by atoms with van der Waals surface area (Å²) in [6, 6.07) is 1.02. The fraction of sp³-hybridized carbons (Fsp3) is 0.933. The molecule has 1 saturated heterocycles. The van der Waals surface area contributed by atoms with Gasteiger partial charge in [0.05, 0.1) is 0 Å². The number of thioether (sulfide) groups is 1. The highest BCUT2D eigenvalue weighted by molar-refractivity contribution is 7.99. The normalized spacial score (nSPS) is 31.9. The number of hydrogen-bond donors (Lipinski definition) is 2. The molecule has 0 bridgehead atoms. The largest absolute Gasteiger partial charge is 0.353 e. The summed E-state index contributed by atoms with van der Waals surface area (Å²) < 4.78 is 0. The third kappa shape index (κ3) is 5.35. The first kappa shape index (κ1) is 15.2. The van der Waals surface area contributed by atoms with Gasteiger partial charge in [-0.3, -0.25) is 4.79 Å². The smallest absolute Gasteiger partial charge is 0.220 e. The van der Waals surface area contributed by atoms with E-state index in [1.54, 1.807) is 0 Å². The Hall–Kier alpha value is -0.220. The molecular formula is C15H28N2OS. The topological polar surface area (TPSA) is 41.1 Å². The average Bonchev–Trinajstić information content (AvgIpc) is 2.47. The van der Waals surface area contributed by atoms with E-state index in [2.05, 4.69) is 16.9 Å². The number of hydrogen-bond acceptors (Lipinski definition) is 3. The molecule has 1 aliphatic heterocycles. The van der Waals surface area contributed by atoms with E-state index in [-0.39, 0.29) is 5.91 Å². The van der Waals surface area contributed by atoms with Crippen LogP contribution in [0.25, 0.3) is 0 Å². The molecule has 1 atom stereocenters. The number of nitrogens with one attached hydrogen (secondary N) is 2. The molecule has 110 valence electrons. The van der Waals surface area contributed by atoms with Gasteiger partial charge in [0.15, 0.2) is 0 Å². The lowest BCUT2D eigenvalue weighted by Crippen LogP contribution is -2.39. The van der Waals surface area contributed by atoms with Crippen LogP contribution >= 0.6 is 11.8 Å². The molecule has 1 heterocycles. The molecule has 19 heavy (non-hydrogen) atoms. The van der Waals surface area contributed by atoms with Crippen molar-refractivity contribution in [2.24, 2.45) is 0 Å². The lowest BCUT2D eigenvalue weighted by Gasteiger charge is -2.28. The maximum atomic E-state index is 12.0. The summed E-state index contributed by atoms with van der Waals surface area (Å²) in [5.41, 5.74) is 0. The molecule has 2 rings (SSSR count). The first-order valence-corrected chi connectivity index (χ1v) is 9.12. The Morgan fingerprint density at radius 1 is 1.21 bits per heavy atom. The molecule has 0 radical (unpaired) electrons. The van der Waals surface area contributed by atoms with E-state index in [1.165, 1.54) is 44.9 Å². The van der Waals surface area contributed by atoms with Crippen LogP contribution in [0.2, 0.25) is 0 Å². The molecule has 2 N–H and O–H groups in total. The summed E-state index contributed by atoms with van der Waals surface area (Å²) >= 11 is 1.97. The van der Waals surface area contributed by atoms with Gasteiger partial charge in [0.2, 0.25) is 5.91 Å². The fourth-order valence-electron chi connectivity index (χ4n) is 3.22. The molecule has 2 aliphatic rings. The first-order valence-electron chi connectivity index (χ1n) is 7.83. The Morgan fingerprint density at radius 2 is 2.00 bits per heavy atom. The van der Waals surface area contributed by atoms with Crippen molar-refractivity contribution >= 4 is 17.7 Å². The van der Waals surface area contributed by atoms with Crippen LogP contribution in [-0.4, -0.2) is 36.0 Å². The van der Waals surface area contributed by atoms with Gasteiger partial charge in [0.1, 0.15) is 0 Å². The SMILES string of the molecule is CSC1CCC(NC(=O)CCC2CCCCN2)CC1. The van der Waals surface area contributed by atoms with Crippen molar-refractivity contribution in [1.29, 1.82) is 0 Å². The van der Waals surface area contributed by atoms with Crippen molar-refractivity contribution in [2.45, 2.75) is 75.1 Å².